The highest BCUT2D eigenvalue weighted by atomic mass is 16.4. The lowest BCUT2D eigenvalue weighted by molar-refractivity contribution is -0.143. The van der Waals surface area contributed by atoms with Gasteiger partial charge in [0.2, 0.25) is 0 Å². The van der Waals surface area contributed by atoms with Crippen molar-refractivity contribution in [3.63, 3.8) is 0 Å². The molecule has 0 bridgehead atoms. The Labute approximate surface area is 85.1 Å². The largest absolute Gasteiger partial charge is 0.481 e. The van der Waals surface area contributed by atoms with Crippen molar-refractivity contribution >= 4 is 5.97 Å². The number of hydrogen-bond donors (Lipinski definition) is 2. The van der Waals surface area contributed by atoms with Crippen LogP contribution < -0.4 is 5.73 Å². The van der Waals surface area contributed by atoms with Gasteiger partial charge in [-0.15, -0.1) is 0 Å². The Kier molecular flexibility index (Phi) is 4.90. The minimum Gasteiger partial charge on any atom is -0.481 e. The van der Waals surface area contributed by atoms with E-state index in [4.69, 9.17) is 10.8 Å². The molecule has 0 aliphatic carbocycles. The van der Waals surface area contributed by atoms with Crippen LogP contribution in [0.15, 0.2) is 0 Å². The second kappa shape index (κ2) is 5.98. The van der Waals surface area contributed by atoms with Crippen LogP contribution in [0.3, 0.4) is 0 Å². The van der Waals surface area contributed by atoms with Crippen LogP contribution in [0, 0.1) is 5.92 Å². The molecule has 1 rings (SSSR count). The predicted octanol–water partition coefficient (Wildman–Crippen LogP) is 0.522. The Bertz CT molecular complexity index is 177. The summed E-state index contributed by atoms with van der Waals surface area (Å²) in [7, 11) is 0. The third-order valence-corrected chi connectivity index (χ3v) is 2.87. The van der Waals surface area contributed by atoms with Gasteiger partial charge in [-0.2, -0.15) is 0 Å². The number of piperidine rings is 1. The maximum Gasteiger partial charge on any atom is 0.306 e. The van der Waals surface area contributed by atoms with Gasteiger partial charge in [0.1, 0.15) is 0 Å². The molecule has 1 heterocycles. The summed E-state index contributed by atoms with van der Waals surface area (Å²) in [5, 5.41) is 8.80. The fourth-order valence-electron chi connectivity index (χ4n) is 1.88. The second-order valence-corrected chi connectivity index (χ2v) is 3.95. The molecule has 0 aromatic rings. The molecule has 1 aliphatic rings. The molecule has 0 aromatic heterocycles. The lowest BCUT2D eigenvalue weighted by atomic mass is 9.97. The Balaban J connectivity index is 2.12. The molecule has 1 fully saturated rings. The van der Waals surface area contributed by atoms with Crippen molar-refractivity contribution in [2.75, 3.05) is 26.2 Å². The van der Waals surface area contributed by atoms with Gasteiger partial charge in [-0.25, -0.2) is 0 Å². The van der Waals surface area contributed by atoms with E-state index in [0.717, 1.165) is 51.9 Å². The first-order chi connectivity index (χ1) is 6.74. The van der Waals surface area contributed by atoms with Crippen LogP contribution in [0.25, 0.3) is 0 Å². The fraction of sp³-hybridized carbons (Fsp3) is 0.900. The number of carbonyl (C=O) groups is 1. The van der Waals surface area contributed by atoms with Crippen LogP contribution in [0.5, 0.6) is 0 Å². The van der Waals surface area contributed by atoms with E-state index in [1.165, 1.54) is 0 Å². The summed E-state index contributed by atoms with van der Waals surface area (Å²) in [6.45, 7) is 3.69. The van der Waals surface area contributed by atoms with E-state index in [9.17, 15) is 4.79 Å². The van der Waals surface area contributed by atoms with Gasteiger partial charge in [0.15, 0.2) is 0 Å². The van der Waals surface area contributed by atoms with E-state index in [1.54, 1.807) is 0 Å². The molecule has 14 heavy (non-hydrogen) atoms. The summed E-state index contributed by atoms with van der Waals surface area (Å²) in [6.07, 6.45) is 3.81. The smallest absolute Gasteiger partial charge is 0.306 e. The Morgan fingerprint density at radius 1 is 1.36 bits per heavy atom. The van der Waals surface area contributed by atoms with Crippen molar-refractivity contribution in [1.82, 2.24) is 4.90 Å². The molecule has 0 spiro atoms. The SMILES string of the molecule is NCCCCN1CCC(C(=O)O)CC1. The predicted molar refractivity (Wildman–Crippen MR) is 55.1 cm³/mol. The van der Waals surface area contributed by atoms with Crippen molar-refractivity contribution in [3.8, 4) is 0 Å². The molecule has 1 saturated heterocycles. The lowest BCUT2D eigenvalue weighted by Crippen LogP contribution is -2.36. The maximum absolute atomic E-state index is 10.7. The third kappa shape index (κ3) is 3.64. The Hall–Kier alpha value is -0.610. The van der Waals surface area contributed by atoms with Gasteiger partial charge in [0, 0.05) is 0 Å². The summed E-state index contributed by atoms with van der Waals surface area (Å²) in [5.74, 6) is -0.743. The standard InChI is InChI=1S/C10H20N2O2/c11-5-1-2-6-12-7-3-9(4-8-12)10(13)14/h9H,1-8,11H2,(H,13,14). The van der Waals surface area contributed by atoms with Gasteiger partial charge in [0.25, 0.3) is 0 Å². The number of carboxylic acid groups (broad SMARTS) is 1. The normalized spacial score (nSPS) is 19.8. The van der Waals surface area contributed by atoms with Crippen molar-refractivity contribution < 1.29 is 9.90 Å². The summed E-state index contributed by atoms with van der Waals surface area (Å²) >= 11 is 0. The zero-order valence-corrected chi connectivity index (χ0v) is 8.61. The van der Waals surface area contributed by atoms with Gasteiger partial charge >= 0.3 is 5.97 Å². The quantitative estimate of drug-likeness (QED) is 0.635. The molecule has 4 heteroatoms. The summed E-state index contributed by atoms with van der Waals surface area (Å²) < 4.78 is 0. The molecule has 82 valence electrons. The molecule has 0 atom stereocenters. The summed E-state index contributed by atoms with van der Waals surface area (Å²) in [5.41, 5.74) is 5.41. The Morgan fingerprint density at radius 3 is 2.50 bits per heavy atom. The minimum absolute atomic E-state index is 0.110. The van der Waals surface area contributed by atoms with Crippen LogP contribution in [0.1, 0.15) is 25.7 Å². The van der Waals surface area contributed by atoms with Gasteiger partial charge in [-0.1, -0.05) is 0 Å². The average Bonchev–Trinajstić information content (AvgIpc) is 2.19. The first kappa shape index (κ1) is 11.5. The van der Waals surface area contributed by atoms with Gasteiger partial charge in [-0.3, -0.25) is 4.79 Å². The average molecular weight is 200 g/mol. The van der Waals surface area contributed by atoms with E-state index in [0.29, 0.717) is 0 Å². The number of unbranched alkanes of at least 4 members (excludes halogenated alkanes) is 1. The number of aliphatic carboxylic acids is 1. The van der Waals surface area contributed by atoms with Crippen LogP contribution in [0.2, 0.25) is 0 Å². The first-order valence-electron chi connectivity index (χ1n) is 5.39. The minimum atomic E-state index is -0.633. The first-order valence-corrected chi connectivity index (χ1v) is 5.39. The molecular weight excluding hydrogens is 180 g/mol. The summed E-state index contributed by atoms with van der Waals surface area (Å²) in [6, 6.07) is 0. The highest BCUT2D eigenvalue weighted by Crippen LogP contribution is 2.17. The van der Waals surface area contributed by atoms with E-state index in [1.807, 2.05) is 0 Å². The van der Waals surface area contributed by atoms with Crippen LogP contribution in [0.4, 0.5) is 0 Å². The molecule has 3 N–H and O–H groups in total. The maximum atomic E-state index is 10.7. The van der Waals surface area contributed by atoms with Crippen LogP contribution in [-0.2, 0) is 4.79 Å². The van der Waals surface area contributed by atoms with Crippen molar-refractivity contribution in [3.05, 3.63) is 0 Å². The molecule has 0 saturated carbocycles. The van der Waals surface area contributed by atoms with Crippen molar-refractivity contribution in [2.45, 2.75) is 25.7 Å². The molecule has 0 amide bonds. The molecule has 0 unspecified atom stereocenters. The fourth-order valence-corrected chi connectivity index (χ4v) is 1.88. The molecular formula is C10H20N2O2. The summed E-state index contributed by atoms with van der Waals surface area (Å²) in [4.78, 5) is 13.0. The number of nitrogens with zero attached hydrogens (tertiary/aromatic N) is 1. The van der Waals surface area contributed by atoms with E-state index in [2.05, 4.69) is 4.90 Å². The molecule has 4 nitrogen and oxygen atoms in total. The van der Waals surface area contributed by atoms with Gasteiger partial charge < -0.3 is 15.7 Å². The lowest BCUT2D eigenvalue weighted by Gasteiger charge is -2.29. The van der Waals surface area contributed by atoms with E-state index in [-0.39, 0.29) is 5.92 Å². The highest BCUT2D eigenvalue weighted by molar-refractivity contribution is 5.70. The number of nitrogens with two attached hydrogens (primary N) is 1. The van der Waals surface area contributed by atoms with Crippen LogP contribution in [-0.4, -0.2) is 42.2 Å². The third-order valence-electron chi connectivity index (χ3n) is 2.87. The molecule has 1 aliphatic heterocycles. The second-order valence-electron chi connectivity index (χ2n) is 3.95. The van der Waals surface area contributed by atoms with E-state index >= 15 is 0 Å². The zero-order valence-electron chi connectivity index (χ0n) is 8.61. The number of hydrogen-bond acceptors (Lipinski definition) is 3. The zero-order chi connectivity index (χ0) is 10.4. The number of carboxylic acids is 1. The number of likely N-dealkylation sites (tertiary alicyclic amines) is 1. The van der Waals surface area contributed by atoms with Crippen molar-refractivity contribution in [2.24, 2.45) is 11.7 Å². The van der Waals surface area contributed by atoms with Gasteiger partial charge in [0.05, 0.1) is 5.92 Å². The number of rotatable bonds is 5. The molecule has 0 radical (unpaired) electrons. The highest BCUT2D eigenvalue weighted by Gasteiger charge is 2.23. The monoisotopic (exact) mass is 200 g/mol. The Morgan fingerprint density at radius 2 is 2.00 bits per heavy atom. The topological polar surface area (TPSA) is 66.6 Å². The van der Waals surface area contributed by atoms with E-state index < -0.39 is 5.97 Å². The molecule has 0 aromatic carbocycles. The van der Waals surface area contributed by atoms with Crippen molar-refractivity contribution in [1.29, 1.82) is 0 Å². The van der Waals surface area contributed by atoms with Gasteiger partial charge in [-0.05, 0) is 51.9 Å². The van der Waals surface area contributed by atoms with Crippen LogP contribution >= 0.6 is 0 Å².